The van der Waals surface area contributed by atoms with E-state index in [0.717, 1.165) is 5.56 Å². The zero-order valence-corrected chi connectivity index (χ0v) is 8.79. The van der Waals surface area contributed by atoms with E-state index in [1.165, 1.54) is 0 Å². The summed E-state index contributed by atoms with van der Waals surface area (Å²) in [7, 11) is 0. The molecule has 16 heavy (non-hydrogen) atoms. The largest absolute Gasteiger partial charge is 0.477 e. The number of rotatable bonds is 3. The van der Waals surface area contributed by atoms with Crippen LogP contribution in [0.1, 0.15) is 6.92 Å². The van der Waals surface area contributed by atoms with Gasteiger partial charge in [-0.2, -0.15) is 0 Å². The Morgan fingerprint density at radius 1 is 1.19 bits per heavy atom. The molecule has 2 heterocycles. The van der Waals surface area contributed by atoms with Gasteiger partial charge in [0.2, 0.25) is 11.8 Å². The van der Waals surface area contributed by atoms with E-state index in [4.69, 9.17) is 10.5 Å². The Bertz CT molecular complexity index is 471. The van der Waals surface area contributed by atoms with Crippen LogP contribution in [-0.4, -0.2) is 26.5 Å². The predicted octanol–water partition coefficient (Wildman–Crippen LogP) is 0.914. The maximum absolute atomic E-state index is 5.40. The van der Waals surface area contributed by atoms with Crippen molar-refractivity contribution in [2.45, 2.75) is 6.92 Å². The number of aromatic nitrogens is 4. The third kappa shape index (κ3) is 2.22. The molecule has 0 radical (unpaired) electrons. The third-order valence-electron chi connectivity index (χ3n) is 1.87. The van der Waals surface area contributed by atoms with E-state index < -0.39 is 0 Å². The summed E-state index contributed by atoms with van der Waals surface area (Å²) in [4.78, 5) is 16.1. The van der Waals surface area contributed by atoms with E-state index in [2.05, 4.69) is 19.9 Å². The second kappa shape index (κ2) is 4.52. The van der Waals surface area contributed by atoms with Crippen LogP contribution in [-0.2, 0) is 0 Å². The molecule has 2 aromatic rings. The van der Waals surface area contributed by atoms with Crippen molar-refractivity contribution in [2.75, 3.05) is 12.3 Å². The summed E-state index contributed by atoms with van der Waals surface area (Å²) < 4.78 is 5.25. The van der Waals surface area contributed by atoms with Gasteiger partial charge in [-0.3, -0.25) is 4.98 Å². The number of anilines is 1. The summed E-state index contributed by atoms with van der Waals surface area (Å²) in [5, 5.41) is 0. The van der Waals surface area contributed by atoms with Crippen LogP contribution >= 0.6 is 0 Å². The van der Waals surface area contributed by atoms with Crippen molar-refractivity contribution in [3.8, 4) is 17.1 Å². The second-order valence-corrected chi connectivity index (χ2v) is 3.01. The van der Waals surface area contributed by atoms with Crippen LogP contribution < -0.4 is 10.5 Å². The lowest BCUT2D eigenvalue weighted by Gasteiger charge is -2.03. The number of ether oxygens (including phenoxy) is 1. The molecule has 0 unspecified atom stereocenters. The summed E-state index contributed by atoms with van der Waals surface area (Å²) in [6, 6.07) is 0. The maximum atomic E-state index is 5.40. The first-order valence-electron chi connectivity index (χ1n) is 4.82. The molecule has 0 aliphatic rings. The molecule has 0 saturated carbocycles. The van der Waals surface area contributed by atoms with E-state index in [0.29, 0.717) is 18.2 Å². The first kappa shape index (κ1) is 10.3. The Morgan fingerprint density at radius 2 is 1.94 bits per heavy atom. The monoisotopic (exact) mass is 217 g/mol. The number of nitrogen functional groups attached to an aromatic ring is 1. The van der Waals surface area contributed by atoms with Gasteiger partial charge in [-0.25, -0.2) is 15.0 Å². The van der Waals surface area contributed by atoms with E-state index in [1.807, 2.05) is 6.92 Å². The van der Waals surface area contributed by atoms with Crippen molar-refractivity contribution in [3.63, 3.8) is 0 Å². The molecule has 0 fully saturated rings. The molecular weight excluding hydrogens is 206 g/mol. The molecule has 0 spiro atoms. The van der Waals surface area contributed by atoms with Gasteiger partial charge in [0.1, 0.15) is 0 Å². The lowest BCUT2D eigenvalue weighted by atomic mass is 10.2. The summed E-state index contributed by atoms with van der Waals surface area (Å²) in [6.07, 6.45) is 6.38. The van der Waals surface area contributed by atoms with Crippen LogP contribution in [0.3, 0.4) is 0 Å². The fourth-order valence-electron chi connectivity index (χ4n) is 1.17. The van der Waals surface area contributed by atoms with Gasteiger partial charge in [0, 0.05) is 18.0 Å². The van der Waals surface area contributed by atoms with Crippen molar-refractivity contribution in [2.24, 2.45) is 0 Å². The van der Waals surface area contributed by atoms with Crippen molar-refractivity contribution in [1.29, 1.82) is 0 Å². The topological polar surface area (TPSA) is 86.8 Å². The van der Waals surface area contributed by atoms with Crippen LogP contribution in [0.4, 0.5) is 5.95 Å². The lowest BCUT2D eigenvalue weighted by molar-refractivity contribution is 0.325. The molecule has 6 nitrogen and oxygen atoms in total. The Labute approximate surface area is 92.6 Å². The second-order valence-electron chi connectivity index (χ2n) is 3.01. The van der Waals surface area contributed by atoms with E-state index >= 15 is 0 Å². The summed E-state index contributed by atoms with van der Waals surface area (Å²) in [6.45, 7) is 2.44. The van der Waals surface area contributed by atoms with Gasteiger partial charge >= 0.3 is 0 Å². The molecule has 6 heteroatoms. The Balaban J connectivity index is 2.32. The fourth-order valence-corrected chi connectivity index (χ4v) is 1.17. The summed E-state index contributed by atoms with van der Waals surface area (Å²) in [5.41, 5.74) is 6.81. The highest BCUT2D eigenvalue weighted by atomic mass is 16.5. The van der Waals surface area contributed by atoms with Crippen LogP contribution in [0.15, 0.2) is 24.8 Å². The minimum atomic E-state index is 0.234. The standard InChI is InChI=1S/C10H11N5O/c1-2-16-9-6-12-5-8(15-9)7-3-13-10(11)14-4-7/h3-6H,2H2,1H3,(H2,11,13,14). The normalized spacial score (nSPS) is 10.1. The van der Waals surface area contributed by atoms with Gasteiger partial charge < -0.3 is 10.5 Å². The van der Waals surface area contributed by atoms with Crippen molar-refractivity contribution in [1.82, 2.24) is 19.9 Å². The van der Waals surface area contributed by atoms with Crippen molar-refractivity contribution in [3.05, 3.63) is 24.8 Å². The quantitative estimate of drug-likeness (QED) is 0.822. The molecule has 0 saturated heterocycles. The van der Waals surface area contributed by atoms with Gasteiger partial charge in [0.05, 0.1) is 24.7 Å². The highest BCUT2D eigenvalue weighted by molar-refractivity contribution is 5.56. The number of hydrogen-bond donors (Lipinski definition) is 1. The van der Waals surface area contributed by atoms with E-state index in [1.54, 1.807) is 24.8 Å². The molecule has 82 valence electrons. The van der Waals surface area contributed by atoms with Crippen LogP contribution in [0.5, 0.6) is 5.88 Å². The third-order valence-corrected chi connectivity index (χ3v) is 1.87. The first-order valence-corrected chi connectivity index (χ1v) is 4.82. The number of nitrogens with two attached hydrogens (primary N) is 1. The Hall–Kier alpha value is -2.24. The summed E-state index contributed by atoms with van der Waals surface area (Å²) >= 11 is 0. The van der Waals surface area contributed by atoms with Crippen molar-refractivity contribution >= 4 is 5.95 Å². The van der Waals surface area contributed by atoms with Crippen LogP contribution in [0, 0.1) is 0 Å². The molecule has 2 N–H and O–H groups in total. The zero-order chi connectivity index (χ0) is 11.4. The molecular formula is C10H11N5O. The SMILES string of the molecule is CCOc1cncc(-c2cnc(N)nc2)n1. The maximum Gasteiger partial charge on any atom is 0.232 e. The molecule has 0 aromatic carbocycles. The average Bonchev–Trinajstić information content (AvgIpc) is 2.31. The van der Waals surface area contributed by atoms with Crippen LogP contribution in [0.25, 0.3) is 11.3 Å². The van der Waals surface area contributed by atoms with Crippen molar-refractivity contribution < 1.29 is 4.74 Å². The van der Waals surface area contributed by atoms with Gasteiger partial charge in [-0.05, 0) is 6.92 Å². The van der Waals surface area contributed by atoms with Gasteiger partial charge in [0.15, 0.2) is 0 Å². The van der Waals surface area contributed by atoms with Gasteiger partial charge in [-0.15, -0.1) is 0 Å². The molecule has 0 bridgehead atoms. The lowest BCUT2D eigenvalue weighted by Crippen LogP contribution is -1.98. The first-order chi connectivity index (χ1) is 7.79. The molecule has 0 atom stereocenters. The molecule has 0 amide bonds. The zero-order valence-electron chi connectivity index (χ0n) is 8.79. The number of nitrogens with zero attached hydrogens (tertiary/aromatic N) is 4. The van der Waals surface area contributed by atoms with E-state index in [9.17, 15) is 0 Å². The summed E-state index contributed by atoms with van der Waals surface area (Å²) in [5.74, 6) is 0.717. The Morgan fingerprint density at radius 3 is 2.62 bits per heavy atom. The highest BCUT2D eigenvalue weighted by Crippen LogP contribution is 2.16. The highest BCUT2D eigenvalue weighted by Gasteiger charge is 2.03. The molecule has 2 rings (SSSR count). The molecule has 0 aliphatic carbocycles. The Kier molecular flexibility index (Phi) is 2.90. The van der Waals surface area contributed by atoms with Crippen LogP contribution in [0.2, 0.25) is 0 Å². The predicted molar refractivity (Wildman–Crippen MR) is 58.6 cm³/mol. The average molecular weight is 217 g/mol. The number of hydrogen-bond acceptors (Lipinski definition) is 6. The minimum Gasteiger partial charge on any atom is -0.477 e. The minimum absolute atomic E-state index is 0.234. The van der Waals surface area contributed by atoms with Gasteiger partial charge in [0.25, 0.3) is 0 Å². The van der Waals surface area contributed by atoms with E-state index in [-0.39, 0.29) is 5.95 Å². The molecule has 0 aliphatic heterocycles. The smallest absolute Gasteiger partial charge is 0.232 e. The molecule has 2 aromatic heterocycles. The van der Waals surface area contributed by atoms with Gasteiger partial charge in [-0.1, -0.05) is 0 Å². The fraction of sp³-hybridized carbons (Fsp3) is 0.200.